The number of fused-ring (bicyclic) bond motifs is 1. The Morgan fingerprint density at radius 3 is 2.50 bits per heavy atom. The Bertz CT molecular complexity index is 794. The smallest absolute Gasteiger partial charge is 0.241 e. The Labute approximate surface area is 129 Å². The molecule has 1 N–H and O–H groups in total. The zero-order valence-corrected chi connectivity index (χ0v) is 13.2. The van der Waals surface area contributed by atoms with Crippen LogP contribution in [0.3, 0.4) is 0 Å². The van der Waals surface area contributed by atoms with E-state index in [9.17, 15) is 8.42 Å². The normalized spacial score (nSPS) is 14.1. The highest BCUT2D eigenvalue weighted by Crippen LogP contribution is 2.32. The fourth-order valence-corrected chi connectivity index (χ4v) is 3.33. The van der Waals surface area contributed by atoms with E-state index in [4.69, 9.17) is 13.9 Å². The zero-order valence-electron chi connectivity index (χ0n) is 12.4. The van der Waals surface area contributed by atoms with Gasteiger partial charge in [0, 0.05) is 18.2 Å². The van der Waals surface area contributed by atoms with Crippen LogP contribution < -0.4 is 14.2 Å². The lowest BCUT2D eigenvalue weighted by Gasteiger charge is -2.18. The SMILES string of the molecule is Cc1cc(CNS(=O)(=O)c2ccc3c(c2)OCCO3)c(C)o1. The fourth-order valence-electron chi connectivity index (χ4n) is 2.31. The second kappa shape index (κ2) is 5.66. The molecule has 0 saturated carbocycles. The topological polar surface area (TPSA) is 77.8 Å². The van der Waals surface area contributed by atoms with Crippen LogP contribution in [-0.2, 0) is 16.6 Å². The number of ether oxygens (including phenoxy) is 2. The van der Waals surface area contributed by atoms with E-state index in [0.717, 1.165) is 11.3 Å². The van der Waals surface area contributed by atoms with Gasteiger partial charge in [0.05, 0.1) is 4.90 Å². The first kappa shape index (κ1) is 14.9. The van der Waals surface area contributed by atoms with Crippen LogP contribution in [-0.4, -0.2) is 21.6 Å². The van der Waals surface area contributed by atoms with Gasteiger partial charge in [-0.05, 0) is 32.0 Å². The summed E-state index contributed by atoms with van der Waals surface area (Å²) in [6, 6.07) is 6.41. The summed E-state index contributed by atoms with van der Waals surface area (Å²) in [6.07, 6.45) is 0. The van der Waals surface area contributed by atoms with E-state index < -0.39 is 10.0 Å². The van der Waals surface area contributed by atoms with E-state index in [1.54, 1.807) is 13.0 Å². The lowest BCUT2D eigenvalue weighted by Crippen LogP contribution is -2.24. The van der Waals surface area contributed by atoms with Crippen molar-refractivity contribution < 1.29 is 22.3 Å². The number of furan rings is 1. The molecule has 0 atom stereocenters. The second-order valence-corrected chi connectivity index (χ2v) is 6.84. The molecule has 0 aliphatic carbocycles. The Morgan fingerprint density at radius 1 is 1.09 bits per heavy atom. The monoisotopic (exact) mass is 323 g/mol. The summed E-state index contributed by atoms with van der Waals surface area (Å²) < 4.78 is 43.5. The quantitative estimate of drug-likeness (QED) is 0.933. The van der Waals surface area contributed by atoms with Gasteiger partial charge in [-0.1, -0.05) is 0 Å². The molecular formula is C15H17NO5S. The van der Waals surface area contributed by atoms with E-state index in [-0.39, 0.29) is 11.4 Å². The van der Waals surface area contributed by atoms with Crippen LogP contribution in [0.2, 0.25) is 0 Å². The maximum atomic E-state index is 12.4. The highest BCUT2D eigenvalue weighted by Gasteiger charge is 2.19. The largest absolute Gasteiger partial charge is 0.486 e. The minimum atomic E-state index is -3.63. The zero-order chi connectivity index (χ0) is 15.7. The van der Waals surface area contributed by atoms with Gasteiger partial charge in [-0.3, -0.25) is 0 Å². The van der Waals surface area contributed by atoms with Gasteiger partial charge in [0.15, 0.2) is 11.5 Å². The molecule has 6 nitrogen and oxygen atoms in total. The molecule has 0 saturated heterocycles. The van der Waals surface area contributed by atoms with Crippen LogP contribution in [0.15, 0.2) is 33.6 Å². The molecule has 0 bridgehead atoms. The van der Waals surface area contributed by atoms with Gasteiger partial charge >= 0.3 is 0 Å². The molecule has 0 spiro atoms. The van der Waals surface area contributed by atoms with Crippen LogP contribution >= 0.6 is 0 Å². The molecule has 0 radical (unpaired) electrons. The van der Waals surface area contributed by atoms with Crippen molar-refractivity contribution in [2.75, 3.05) is 13.2 Å². The molecule has 1 aliphatic rings. The number of benzene rings is 1. The summed E-state index contributed by atoms with van der Waals surface area (Å²) in [6.45, 7) is 4.69. The third-order valence-corrected chi connectivity index (χ3v) is 4.82. The lowest BCUT2D eigenvalue weighted by atomic mass is 10.2. The summed E-state index contributed by atoms with van der Waals surface area (Å²) in [5.74, 6) is 2.48. The number of sulfonamides is 1. The Balaban J connectivity index is 1.79. The predicted octanol–water partition coefficient (Wildman–Crippen LogP) is 2.15. The number of rotatable bonds is 4. The Hall–Kier alpha value is -1.99. The van der Waals surface area contributed by atoms with E-state index in [1.165, 1.54) is 12.1 Å². The summed E-state index contributed by atoms with van der Waals surface area (Å²) in [4.78, 5) is 0.148. The van der Waals surface area contributed by atoms with Gasteiger partial charge in [0.1, 0.15) is 24.7 Å². The molecular weight excluding hydrogens is 306 g/mol. The number of hydrogen-bond acceptors (Lipinski definition) is 5. The first-order valence-corrected chi connectivity index (χ1v) is 8.39. The van der Waals surface area contributed by atoms with Gasteiger partial charge in [-0.15, -0.1) is 0 Å². The third kappa shape index (κ3) is 2.95. The molecule has 2 aromatic rings. The molecule has 22 heavy (non-hydrogen) atoms. The molecule has 3 rings (SSSR count). The van der Waals surface area contributed by atoms with Gasteiger partial charge in [-0.2, -0.15) is 0 Å². The molecule has 118 valence electrons. The first-order valence-electron chi connectivity index (χ1n) is 6.91. The molecule has 1 aromatic carbocycles. The summed E-state index contributed by atoms with van der Waals surface area (Å²) in [7, 11) is -3.63. The molecule has 2 heterocycles. The van der Waals surface area contributed by atoms with Crippen LogP contribution in [0.1, 0.15) is 17.1 Å². The maximum Gasteiger partial charge on any atom is 0.241 e. The lowest BCUT2D eigenvalue weighted by molar-refractivity contribution is 0.171. The van der Waals surface area contributed by atoms with Crippen LogP contribution in [0.4, 0.5) is 0 Å². The average Bonchev–Trinajstić information content (AvgIpc) is 2.82. The van der Waals surface area contributed by atoms with Crippen molar-refractivity contribution in [1.82, 2.24) is 4.72 Å². The van der Waals surface area contributed by atoms with Crippen LogP contribution in [0.25, 0.3) is 0 Å². The van der Waals surface area contributed by atoms with Crippen molar-refractivity contribution in [3.8, 4) is 11.5 Å². The maximum absolute atomic E-state index is 12.4. The summed E-state index contributed by atoms with van der Waals surface area (Å²) in [5, 5.41) is 0. The van der Waals surface area contributed by atoms with Gasteiger partial charge in [0.2, 0.25) is 10.0 Å². The van der Waals surface area contributed by atoms with Gasteiger partial charge in [0.25, 0.3) is 0 Å². The Kier molecular flexibility index (Phi) is 3.84. The van der Waals surface area contributed by atoms with Crippen molar-refractivity contribution in [2.24, 2.45) is 0 Å². The average molecular weight is 323 g/mol. The van der Waals surface area contributed by atoms with E-state index in [1.807, 2.05) is 13.0 Å². The van der Waals surface area contributed by atoms with E-state index >= 15 is 0 Å². The standard InChI is InChI=1S/C15H17NO5S/c1-10-7-12(11(2)21-10)9-16-22(17,18)13-3-4-14-15(8-13)20-6-5-19-14/h3-4,7-8,16H,5-6,9H2,1-2H3. The van der Waals surface area contributed by atoms with E-state index in [2.05, 4.69) is 4.72 Å². The molecule has 0 amide bonds. The van der Waals surface area contributed by atoms with Gasteiger partial charge in [-0.25, -0.2) is 13.1 Å². The molecule has 1 aliphatic heterocycles. The summed E-state index contributed by atoms with van der Waals surface area (Å²) in [5.41, 5.74) is 0.818. The third-order valence-electron chi connectivity index (χ3n) is 3.42. The van der Waals surface area contributed by atoms with Crippen molar-refractivity contribution >= 4 is 10.0 Å². The minimum Gasteiger partial charge on any atom is -0.486 e. The highest BCUT2D eigenvalue weighted by molar-refractivity contribution is 7.89. The Morgan fingerprint density at radius 2 is 1.82 bits per heavy atom. The minimum absolute atomic E-state index is 0.148. The van der Waals surface area contributed by atoms with Crippen molar-refractivity contribution in [3.63, 3.8) is 0 Å². The first-order chi connectivity index (χ1) is 10.5. The van der Waals surface area contributed by atoms with Gasteiger partial charge < -0.3 is 13.9 Å². The fraction of sp³-hybridized carbons (Fsp3) is 0.333. The van der Waals surface area contributed by atoms with Crippen LogP contribution in [0, 0.1) is 13.8 Å². The second-order valence-electron chi connectivity index (χ2n) is 5.07. The number of hydrogen-bond donors (Lipinski definition) is 1. The van der Waals surface area contributed by atoms with Crippen molar-refractivity contribution in [3.05, 3.63) is 41.3 Å². The molecule has 1 aromatic heterocycles. The molecule has 0 fully saturated rings. The highest BCUT2D eigenvalue weighted by atomic mass is 32.2. The van der Waals surface area contributed by atoms with Crippen LogP contribution in [0.5, 0.6) is 11.5 Å². The van der Waals surface area contributed by atoms with E-state index in [0.29, 0.717) is 30.5 Å². The number of aryl methyl sites for hydroxylation is 2. The summed E-state index contributed by atoms with van der Waals surface area (Å²) >= 11 is 0. The molecule has 0 unspecified atom stereocenters. The van der Waals surface area contributed by atoms with Crippen molar-refractivity contribution in [1.29, 1.82) is 0 Å². The molecule has 7 heteroatoms. The van der Waals surface area contributed by atoms with Crippen molar-refractivity contribution in [2.45, 2.75) is 25.3 Å². The number of nitrogens with one attached hydrogen (secondary N) is 1. The predicted molar refractivity (Wildman–Crippen MR) is 79.6 cm³/mol.